The van der Waals surface area contributed by atoms with Crippen LogP contribution >= 0.6 is 11.8 Å². The second-order valence-electron chi connectivity index (χ2n) is 7.86. The molecule has 1 aromatic heterocycles. The standard InChI is InChI=1S/C26H25N5O2S/c1-2-33-21-15-13-19(14-16-21)22-23(25(32)27-17-18-9-5-3-6-10-18)34-26-29-28-24(31(26)30-22)20-11-7-4-8-12-20/h3-16,22-23,30H,2,17H2,1H3,(H,27,32)/t22-,23-/m0/s1. The molecule has 0 saturated carbocycles. The second-order valence-corrected chi connectivity index (χ2v) is 8.97. The van der Waals surface area contributed by atoms with Crippen molar-refractivity contribution in [1.29, 1.82) is 0 Å². The molecule has 0 fully saturated rings. The van der Waals surface area contributed by atoms with Crippen molar-refractivity contribution in [2.24, 2.45) is 0 Å². The maximum atomic E-state index is 13.4. The largest absolute Gasteiger partial charge is 0.494 e. The SMILES string of the molecule is CCOc1ccc([C@@H]2Nn3c(nnc3-c3ccccc3)S[C@@H]2C(=O)NCc2ccccc2)cc1. The topological polar surface area (TPSA) is 81.1 Å². The fourth-order valence-corrected chi connectivity index (χ4v) is 5.01. The number of aromatic nitrogens is 3. The van der Waals surface area contributed by atoms with Gasteiger partial charge in [-0.05, 0) is 30.2 Å². The van der Waals surface area contributed by atoms with Crippen LogP contribution in [0.15, 0.2) is 90.1 Å². The van der Waals surface area contributed by atoms with Gasteiger partial charge in [0.05, 0.1) is 12.6 Å². The molecule has 2 N–H and O–H groups in total. The molecule has 4 aromatic rings. The molecule has 2 atom stereocenters. The maximum Gasteiger partial charge on any atom is 0.236 e. The summed E-state index contributed by atoms with van der Waals surface area (Å²) in [4.78, 5) is 13.4. The van der Waals surface area contributed by atoms with Crippen LogP contribution in [-0.4, -0.2) is 32.6 Å². The fraction of sp³-hybridized carbons (Fsp3) is 0.192. The summed E-state index contributed by atoms with van der Waals surface area (Å²) in [5.74, 6) is 1.45. The van der Waals surface area contributed by atoms with Gasteiger partial charge in [-0.3, -0.25) is 4.79 Å². The third-order valence-electron chi connectivity index (χ3n) is 5.59. The van der Waals surface area contributed by atoms with Gasteiger partial charge in [-0.1, -0.05) is 84.6 Å². The van der Waals surface area contributed by atoms with Crippen molar-refractivity contribution >= 4 is 17.7 Å². The first kappa shape index (κ1) is 22.0. The number of hydrogen-bond acceptors (Lipinski definition) is 6. The lowest BCUT2D eigenvalue weighted by atomic mass is 10.0. The zero-order valence-corrected chi connectivity index (χ0v) is 19.5. The molecule has 1 aliphatic rings. The van der Waals surface area contributed by atoms with E-state index < -0.39 is 5.25 Å². The van der Waals surface area contributed by atoms with Gasteiger partial charge in [-0.2, -0.15) is 0 Å². The highest BCUT2D eigenvalue weighted by molar-refractivity contribution is 8.00. The van der Waals surface area contributed by atoms with Crippen LogP contribution in [0.5, 0.6) is 5.75 Å². The summed E-state index contributed by atoms with van der Waals surface area (Å²) in [5, 5.41) is 12.1. The Morgan fingerprint density at radius 3 is 2.41 bits per heavy atom. The molecule has 1 amide bonds. The summed E-state index contributed by atoms with van der Waals surface area (Å²) in [6.07, 6.45) is 0. The summed E-state index contributed by atoms with van der Waals surface area (Å²) in [5.41, 5.74) is 6.49. The van der Waals surface area contributed by atoms with Crippen molar-refractivity contribution in [3.63, 3.8) is 0 Å². The van der Waals surface area contributed by atoms with E-state index in [-0.39, 0.29) is 11.9 Å². The number of rotatable bonds is 7. The number of nitrogens with zero attached hydrogens (tertiary/aromatic N) is 3. The molecule has 8 heteroatoms. The van der Waals surface area contributed by atoms with Crippen molar-refractivity contribution in [2.45, 2.75) is 29.9 Å². The summed E-state index contributed by atoms with van der Waals surface area (Å²) in [6.45, 7) is 3.03. The summed E-state index contributed by atoms with van der Waals surface area (Å²) in [7, 11) is 0. The smallest absolute Gasteiger partial charge is 0.236 e. The summed E-state index contributed by atoms with van der Waals surface area (Å²) in [6, 6.07) is 27.4. The molecule has 0 aliphatic carbocycles. The highest BCUT2D eigenvalue weighted by Gasteiger charge is 2.38. The van der Waals surface area contributed by atoms with Crippen LogP contribution < -0.4 is 15.5 Å². The number of ether oxygens (including phenoxy) is 1. The molecule has 3 aromatic carbocycles. The van der Waals surface area contributed by atoms with E-state index in [0.717, 1.165) is 22.4 Å². The number of nitrogens with one attached hydrogen (secondary N) is 2. The number of fused-ring (bicyclic) bond motifs is 1. The number of carbonyl (C=O) groups is 1. The van der Waals surface area contributed by atoms with E-state index in [1.807, 2.05) is 96.5 Å². The molecule has 0 radical (unpaired) electrons. The molecule has 0 unspecified atom stereocenters. The number of hydrogen-bond donors (Lipinski definition) is 2. The molecule has 5 rings (SSSR count). The molecule has 7 nitrogen and oxygen atoms in total. The third-order valence-corrected chi connectivity index (χ3v) is 6.80. The Morgan fingerprint density at radius 2 is 1.71 bits per heavy atom. The lowest BCUT2D eigenvalue weighted by Crippen LogP contribution is -2.43. The minimum atomic E-state index is -0.429. The van der Waals surface area contributed by atoms with Gasteiger partial charge in [0.2, 0.25) is 11.1 Å². The fourth-order valence-electron chi connectivity index (χ4n) is 3.90. The van der Waals surface area contributed by atoms with Crippen molar-refractivity contribution < 1.29 is 9.53 Å². The number of thioether (sulfide) groups is 1. The Morgan fingerprint density at radius 1 is 1.00 bits per heavy atom. The van der Waals surface area contributed by atoms with E-state index in [4.69, 9.17) is 4.74 Å². The first-order valence-electron chi connectivity index (χ1n) is 11.2. The van der Waals surface area contributed by atoms with Gasteiger partial charge in [0.1, 0.15) is 11.0 Å². The molecule has 172 valence electrons. The van der Waals surface area contributed by atoms with Gasteiger partial charge in [0.25, 0.3) is 0 Å². The van der Waals surface area contributed by atoms with Gasteiger partial charge in [0, 0.05) is 12.1 Å². The van der Waals surface area contributed by atoms with E-state index in [1.54, 1.807) is 0 Å². The maximum absolute atomic E-state index is 13.4. The van der Waals surface area contributed by atoms with Gasteiger partial charge >= 0.3 is 0 Å². The van der Waals surface area contributed by atoms with Crippen molar-refractivity contribution in [3.05, 3.63) is 96.1 Å². The molecule has 1 aliphatic heterocycles. The average molecular weight is 472 g/mol. The predicted molar refractivity (Wildman–Crippen MR) is 133 cm³/mol. The lowest BCUT2D eigenvalue weighted by Gasteiger charge is -2.33. The number of carbonyl (C=O) groups excluding carboxylic acids is 1. The Hall–Kier alpha value is -3.78. The van der Waals surface area contributed by atoms with E-state index in [9.17, 15) is 4.79 Å². The van der Waals surface area contributed by atoms with Gasteiger partial charge in [-0.25, -0.2) is 4.68 Å². The normalized spacial score (nSPS) is 16.9. The Balaban J connectivity index is 1.45. The molecular weight excluding hydrogens is 446 g/mol. The van der Waals surface area contributed by atoms with Crippen LogP contribution in [-0.2, 0) is 11.3 Å². The van der Waals surface area contributed by atoms with Crippen molar-refractivity contribution in [2.75, 3.05) is 12.0 Å². The predicted octanol–water partition coefficient (Wildman–Crippen LogP) is 4.42. The first-order chi connectivity index (χ1) is 16.7. The van der Waals surface area contributed by atoms with Gasteiger partial charge in [0.15, 0.2) is 5.82 Å². The zero-order chi connectivity index (χ0) is 23.3. The average Bonchev–Trinajstić information content (AvgIpc) is 3.31. The van der Waals surface area contributed by atoms with Crippen LogP contribution in [0.1, 0.15) is 24.1 Å². The zero-order valence-electron chi connectivity index (χ0n) is 18.7. The Kier molecular flexibility index (Phi) is 6.49. The van der Waals surface area contributed by atoms with Crippen LogP contribution in [0.3, 0.4) is 0 Å². The highest BCUT2D eigenvalue weighted by atomic mass is 32.2. The van der Waals surface area contributed by atoms with Gasteiger partial charge < -0.3 is 15.5 Å². The van der Waals surface area contributed by atoms with Crippen LogP contribution in [0.4, 0.5) is 0 Å². The Bertz CT molecular complexity index is 1250. The molecular formula is C26H25N5O2S. The molecule has 0 spiro atoms. The third kappa shape index (κ3) is 4.63. The minimum absolute atomic E-state index is 0.0595. The minimum Gasteiger partial charge on any atom is -0.494 e. The summed E-state index contributed by atoms with van der Waals surface area (Å²) >= 11 is 1.42. The van der Waals surface area contributed by atoms with Gasteiger partial charge in [-0.15, -0.1) is 10.2 Å². The second kappa shape index (κ2) is 10.0. The van der Waals surface area contributed by atoms with E-state index in [0.29, 0.717) is 24.1 Å². The van der Waals surface area contributed by atoms with Crippen LogP contribution in [0.2, 0.25) is 0 Å². The number of amides is 1. The van der Waals surface area contributed by atoms with E-state index in [1.165, 1.54) is 11.8 Å². The monoisotopic (exact) mass is 471 g/mol. The summed E-state index contributed by atoms with van der Waals surface area (Å²) < 4.78 is 7.48. The van der Waals surface area contributed by atoms with E-state index >= 15 is 0 Å². The lowest BCUT2D eigenvalue weighted by molar-refractivity contribution is -0.121. The van der Waals surface area contributed by atoms with Crippen molar-refractivity contribution in [3.8, 4) is 17.1 Å². The quantitative estimate of drug-likeness (QED) is 0.415. The van der Waals surface area contributed by atoms with E-state index in [2.05, 4.69) is 20.9 Å². The number of benzene rings is 3. The molecule has 2 heterocycles. The van der Waals surface area contributed by atoms with Crippen LogP contribution in [0, 0.1) is 0 Å². The molecule has 0 bridgehead atoms. The van der Waals surface area contributed by atoms with Crippen LogP contribution in [0.25, 0.3) is 11.4 Å². The highest BCUT2D eigenvalue weighted by Crippen LogP contribution is 2.39. The molecule has 34 heavy (non-hydrogen) atoms. The molecule has 0 saturated heterocycles. The Labute approximate surface area is 202 Å². The first-order valence-corrected chi connectivity index (χ1v) is 12.1. The van der Waals surface area contributed by atoms with Crippen molar-refractivity contribution in [1.82, 2.24) is 20.2 Å².